The number of rotatable bonds is 2. The summed E-state index contributed by atoms with van der Waals surface area (Å²) in [7, 11) is 0. The second-order valence-corrected chi connectivity index (χ2v) is 5.49. The van der Waals surface area contributed by atoms with Crippen LogP contribution >= 0.6 is 22.9 Å². The van der Waals surface area contributed by atoms with Crippen LogP contribution in [0.1, 0.15) is 21.1 Å². The van der Waals surface area contributed by atoms with Crippen LogP contribution in [0.5, 0.6) is 0 Å². The summed E-state index contributed by atoms with van der Waals surface area (Å²) in [5, 5.41) is 8.03. The molecule has 2 aromatic rings. The van der Waals surface area contributed by atoms with Crippen LogP contribution < -0.4 is 0 Å². The maximum atomic E-state index is 13.7. The Bertz CT molecular complexity index is 609. The quantitative estimate of drug-likeness (QED) is 0.775. The van der Waals surface area contributed by atoms with Crippen molar-refractivity contribution in [2.75, 3.05) is 0 Å². The van der Waals surface area contributed by atoms with E-state index in [-0.39, 0.29) is 12.0 Å². The van der Waals surface area contributed by atoms with Gasteiger partial charge in [0.2, 0.25) is 0 Å². The minimum Gasteiger partial charge on any atom is -0.205 e. The first kappa shape index (κ1) is 14.2. The monoisotopic (exact) mass is 310 g/mol. The van der Waals surface area contributed by atoms with Gasteiger partial charge in [0.05, 0.1) is 10.6 Å². The lowest BCUT2D eigenvalue weighted by molar-refractivity contribution is -0.137. The van der Waals surface area contributed by atoms with Gasteiger partial charge in [-0.1, -0.05) is 11.6 Å². The van der Waals surface area contributed by atoms with E-state index < -0.39 is 22.6 Å². The molecule has 0 saturated carbocycles. The maximum absolute atomic E-state index is 13.7. The van der Waals surface area contributed by atoms with Crippen LogP contribution in [0.4, 0.5) is 17.6 Å². The minimum absolute atomic E-state index is 0.0685. The van der Waals surface area contributed by atoms with Crippen molar-refractivity contribution in [1.29, 1.82) is 0 Å². The number of nitrogens with zero attached hydrogens (tertiary/aromatic N) is 2. The van der Waals surface area contributed by atoms with E-state index in [4.69, 9.17) is 11.6 Å². The van der Waals surface area contributed by atoms with E-state index in [1.165, 1.54) is 11.3 Å². The topological polar surface area (TPSA) is 25.8 Å². The summed E-state index contributed by atoms with van der Waals surface area (Å²) in [5.74, 6) is -0.859. The second kappa shape index (κ2) is 5.05. The Balaban J connectivity index is 2.41. The Labute approximate surface area is 115 Å². The fourth-order valence-electron chi connectivity index (χ4n) is 1.51. The van der Waals surface area contributed by atoms with Gasteiger partial charge in [-0.2, -0.15) is 13.2 Å². The van der Waals surface area contributed by atoms with Crippen molar-refractivity contribution >= 4 is 22.9 Å². The summed E-state index contributed by atoms with van der Waals surface area (Å²) < 4.78 is 51.6. The number of alkyl halides is 3. The molecule has 2 rings (SSSR count). The average molecular weight is 311 g/mol. The Morgan fingerprint density at radius 3 is 2.47 bits per heavy atom. The van der Waals surface area contributed by atoms with Crippen molar-refractivity contribution in [3.8, 4) is 0 Å². The van der Waals surface area contributed by atoms with Crippen molar-refractivity contribution in [3.63, 3.8) is 0 Å². The number of benzene rings is 1. The fraction of sp³-hybridized carbons (Fsp3) is 0.273. The van der Waals surface area contributed by atoms with Crippen LogP contribution in [0, 0.1) is 12.7 Å². The minimum atomic E-state index is -4.57. The van der Waals surface area contributed by atoms with E-state index in [2.05, 4.69) is 10.2 Å². The first-order valence-corrected chi connectivity index (χ1v) is 6.31. The van der Waals surface area contributed by atoms with Crippen molar-refractivity contribution < 1.29 is 17.6 Å². The number of halogens is 5. The van der Waals surface area contributed by atoms with Crippen molar-refractivity contribution in [1.82, 2.24) is 10.2 Å². The summed E-state index contributed by atoms with van der Waals surface area (Å²) >= 11 is 6.69. The Morgan fingerprint density at radius 1 is 1.26 bits per heavy atom. The van der Waals surface area contributed by atoms with Crippen LogP contribution in [0.15, 0.2) is 12.1 Å². The van der Waals surface area contributed by atoms with Crippen molar-refractivity contribution in [2.24, 2.45) is 0 Å². The Kier molecular flexibility index (Phi) is 3.78. The van der Waals surface area contributed by atoms with Crippen LogP contribution in [0.25, 0.3) is 0 Å². The van der Waals surface area contributed by atoms with E-state index in [9.17, 15) is 17.6 Å². The van der Waals surface area contributed by atoms with Gasteiger partial charge in [0.1, 0.15) is 15.8 Å². The third-order valence-corrected chi connectivity index (χ3v) is 3.45. The number of aryl methyl sites for hydroxylation is 1. The van der Waals surface area contributed by atoms with Gasteiger partial charge < -0.3 is 0 Å². The van der Waals surface area contributed by atoms with E-state index in [1.807, 2.05) is 0 Å². The normalized spacial score (nSPS) is 11.9. The highest BCUT2D eigenvalue weighted by atomic mass is 35.5. The average Bonchev–Trinajstić information content (AvgIpc) is 2.69. The molecule has 0 fully saturated rings. The highest BCUT2D eigenvalue weighted by molar-refractivity contribution is 7.11. The Morgan fingerprint density at radius 2 is 1.95 bits per heavy atom. The molecule has 19 heavy (non-hydrogen) atoms. The van der Waals surface area contributed by atoms with Crippen molar-refractivity contribution in [3.05, 3.63) is 44.1 Å². The van der Waals surface area contributed by atoms with Crippen LogP contribution in [-0.2, 0) is 12.6 Å². The third-order valence-electron chi connectivity index (χ3n) is 2.34. The lowest BCUT2D eigenvalue weighted by atomic mass is 10.1. The molecule has 0 atom stereocenters. The summed E-state index contributed by atoms with van der Waals surface area (Å²) in [6.07, 6.45) is -4.63. The van der Waals surface area contributed by atoms with Gasteiger partial charge in [-0.3, -0.25) is 0 Å². The van der Waals surface area contributed by atoms with E-state index in [0.717, 1.165) is 6.07 Å². The SMILES string of the molecule is Cc1nnc(Cc2cc(C(F)(F)F)cc(Cl)c2F)s1. The molecule has 0 aliphatic carbocycles. The molecule has 1 heterocycles. The molecule has 0 aliphatic heterocycles. The molecule has 2 nitrogen and oxygen atoms in total. The lowest BCUT2D eigenvalue weighted by Crippen LogP contribution is -2.07. The summed E-state index contributed by atoms with van der Waals surface area (Å²) in [6.45, 7) is 1.70. The molecule has 0 unspecified atom stereocenters. The molecule has 0 N–H and O–H groups in total. The molecule has 0 aliphatic rings. The van der Waals surface area contributed by atoms with Gasteiger partial charge in [0, 0.05) is 6.42 Å². The highest BCUT2D eigenvalue weighted by Crippen LogP contribution is 2.34. The van der Waals surface area contributed by atoms with Crippen LogP contribution in [0.3, 0.4) is 0 Å². The predicted octanol–water partition coefficient (Wildman–Crippen LogP) is 4.25. The van der Waals surface area contributed by atoms with Crippen molar-refractivity contribution in [2.45, 2.75) is 19.5 Å². The molecule has 0 saturated heterocycles. The Hall–Kier alpha value is -1.21. The molecular formula is C11H7ClF4N2S. The fourth-order valence-corrected chi connectivity index (χ4v) is 2.48. The molecule has 8 heteroatoms. The van der Waals surface area contributed by atoms with Gasteiger partial charge in [-0.15, -0.1) is 21.5 Å². The molecule has 102 valence electrons. The van der Waals surface area contributed by atoms with Gasteiger partial charge in [0.25, 0.3) is 0 Å². The first-order chi connectivity index (χ1) is 8.77. The predicted molar refractivity (Wildman–Crippen MR) is 63.9 cm³/mol. The second-order valence-electron chi connectivity index (χ2n) is 3.82. The molecular weight excluding hydrogens is 304 g/mol. The smallest absolute Gasteiger partial charge is 0.205 e. The third kappa shape index (κ3) is 3.22. The molecule has 0 bridgehead atoms. The molecule has 0 spiro atoms. The summed E-state index contributed by atoms with van der Waals surface area (Å²) in [4.78, 5) is 0. The first-order valence-electron chi connectivity index (χ1n) is 5.11. The zero-order valence-electron chi connectivity index (χ0n) is 9.55. The standard InChI is InChI=1S/C11H7ClF4N2S/c1-5-17-18-9(19-5)3-6-2-7(11(14,15)16)4-8(12)10(6)13/h2,4H,3H2,1H3. The van der Waals surface area contributed by atoms with E-state index in [0.29, 0.717) is 16.1 Å². The number of hydrogen-bond acceptors (Lipinski definition) is 3. The van der Waals surface area contributed by atoms with Gasteiger partial charge >= 0.3 is 6.18 Å². The number of aromatic nitrogens is 2. The maximum Gasteiger partial charge on any atom is 0.416 e. The molecule has 0 radical (unpaired) electrons. The molecule has 1 aromatic heterocycles. The number of hydrogen-bond donors (Lipinski definition) is 0. The zero-order chi connectivity index (χ0) is 14.2. The molecule has 1 aromatic carbocycles. The molecule has 0 amide bonds. The van der Waals surface area contributed by atoms with E-state index in [1.54, 1.807) is 6.92 Å². The zero-order valence-corrected chi connectivity index (χ0v) is 11.1. The van der Waals surface area contributed by atoms with Crippen LogP contribution in [-0.4, -0.2) is 10.2 Å². The highest BCUT2D eigenvalue weighted by Gasteiger charge is 2.32. The van der Waals surface area contributed by atoms with Gasteiger partial charge in [0.15, 0.2) is 0 Å². The lowest BCUT2D eigenvalue weighted by Gasteiger charge is -2.10. The van der Waals surface area contributed by atoms with Crippen LogP contribution in [0.2, 0.25) is 5.02 Å². The summed E-state index contributed by atoms with van der Waals surface area (Å²) in [5.41, 5.74) is -1.12. The largest absolute Gasteiger partial charge is 0.416 e. The van der Waals surface area contributed by atoms with Gasteiger partial charge in [-0.25, -0.2) is 4.39 Å². The summed E-state index contributed by atoms with van der Waals surface area (Å²) in [6, 6.07) is 1.32. The van der Waals surface area contributed by atoms with E-state index >= 15 is 0 Å². The van der Waals surface area contributed by atoms with Gasteiger partial charge in [-0.05, 0) is 24.6 Å².